The Morgan fingerprint density at radius 1 is 1.04 bits per heavy atom. The van der Waals surface area contributed by atoms with Crippen LogP contribution in [0.4, 0.5) is 0 Å². The summed E-state index contributed by atoms with van der Waals surface area (Å²) in [5.74, 6) is 2.16. The van der Waals surface area contributed by atoms with Gasteiger partial charge in [-0.3, -0.25) is 4.79 Å². The van der Waals surface area contributed by atoms with Crippen LogP contribution in [0.5, 0.6) is 0 Å². The van der Waals surface area contributed by atoms with Gasteiger partial charge in [0.1, 0.15) is 0 Å². The molecule has 2 aromatic rings. The van der Waals surface area contributed by atoms with Gasteiger partial charge in [-0.15, -0.1) is 0 Å². The van der Waals surface area contributed by atoms with Gasteiger partial charge in [0.05, 0.1) is 5.41 Å². The number of hydrogen-bond donors (Lipinski definition) is 1. The molecular weight excluding hydrogens is 326 g/mol. The first-order chi connectivity index (χ1) is 12.2. The lowest BCUT2D eigenvalue weighted by molar-refractivity contribution is -0.126. The SMILES string of the molecule is Cc1ccc(CSCCNC(=O)C2(c3ccccc3)CCCC2)cc1. The zero-order chi connectivity index (χ0) is 17.5. The molecule has 0 saturated heterocycles. The maximum absolute atomic E-state index is 12.9. The second-order valence-corrected chi connectivity index (χ2v) is 8.05. The summed E-state index contributed by atoms with van der Waals surface area (Å²) >= 11 is 1.88. The van der Waals surface area contributed by atoms with Crippen LogP contribution < -0.4 is 5.32 Å². The van der Waals surface area contributed by atoms with Crippen LogP contribution in [0.1, 0.15) is 42.4 Å². The Morgan fingerprint density at radius 3 is 2.40 bits per heavy atom. The molecule has 1 aliphatic rings. The second-order valence-electron chi connectivity index (χ2n) is 6.95. The van der Waals surface area contributed by atoms with Crippen molar-refractivity contribution in [2.75, 3.05) is 12.3 Å². The highest BCUT2D eigenvalue weighted by Gasteiger charge is 2.42. The minimum absolute atomic E-state index is 0.215. The summed E-state index contributed by atoms with van der Waals surface area (Å²) in [5.41, 5.74) is 3.52. The van der Waals surface area contributed by atoms with E-state index in [1.165, 1.54) is 16.7 Å². The topological polar surface area (TPSA) is 29.1 Å². The summed E-state index contributed by atoms with van der Waals surface area (Å²) in [5, 5.41) is 3.20. The van der Waals surface area contributed by atoms with E-state index in [9.17, 15) is 4.79 Å². The lowest BCUT2D eigenvalue weighted by Gasteiger charge is -2.28. The summed E-state index contributed by atoms with van der Waals surface area (Å²) in [6.45, 7) is 2.85. The number of rotatable bonds is 7. The Kier molecular flexibility index (Phi) is 6.19. The van der Waals surface area contributed by atoms with Crippen LogP contribution in [0.15, 0.2) is 54.6 Å². The Balaban J connectivity index is 1.48. The molecule has 1 fully saturated rings. The van der Waals surface area contributed by atoms with Crippen LogP contribution >= 0.6 is 11.8 Å². The molecule has 0 spiro atoms. The van der Waals surface area contributed by atoms with Gasteiger partial charge < -0.3 is 5.32 Å². The zero-order valence-electron chi connectivity index (χ0n) is 15.0. The third kappa shape index (κ3) is 4.46. The Bertz CT molecular complexity index is 675. The van der Waals surface area contributed by atoms with E-state index in [2.05, 4.69) is 48.6 Å². The first-order valence-electron chi connectivity index (χ1n) is 9.18. The van der Waals surface area contributed by atoms with Gasteiger partial charge in [0.15, 0.2) is 0 Å². The smallest absolute Gasteiger partial charge is 0.230 e. The molecule has 0 aliphatic heterocycles. The standard InChI is InChI=1S/C22H27NOS/c1-18-9-11-19(12-10-18)17-25-16-15-23-21(24)22(13-5-6-14-22)20-7-3-2-4-8-20/h2-4,7-12H,5-6,13-17H2,1H3,(H,23,24). The van der Waals surface area contributed by atoms with E-state index >= 15 is 0 Å². The minimum Gasteiger partial charge on any atom is -0.355 e. The van der Waals surface area contributed by atoms with E-state index in [-0.39, 0.29) is 11.3 Å². The van der Waals surface area contributed by atoms with Crippen molar-refractivity contribution in [3.63, 3.8) is 0 Å². The summed E-state index contributed by atoms with van der Waals surface area (Å²) in [7, 11) is 0. The Labute approximate surface area is 155 Å². The predicted molar refractivity (Wildman–Crippen MR) is 107 cm³/mol. The number of carbonyl (C=O) groups is 1. The minimum atomic E-state index is -0.303. The van der Waals surface area contributed by atoms with Gasteiger partial charge in [-0.25, -0.2) is 0 Å². The quantitative estimate of drug-likeness (QED) is 0.721. The van der Waals surface area contributed by atoms with Gasteiger partial charge in [0.25, 0.3) is 0 Å². The number of amides is 1. The molecule has 3 heteroatoms. The summed E-state index contributed by atoms with van der Waals surface area (Å²) in [6, 6.07) is 19.0. The first-order valence-corrected chi connectivity index (χ1v) is 10.3. The van der Waals surface area contributed by atoms with Crippen LogP contribution in [0, 0.1) is 6.92 Å². The average molecular weight is 354 g/mol. The van der Waals surface area contributed by atoms with Crippen LogP contribution in [-0.4, -0.2) is 18.2 Å². The van der Waals surface area contributed by atoms with Crippen LogP contribution in [-0.2, 0) is 16.0 Å². The molecular formula is C22H27NOS. The van der Waals surface area contributed by atoms with Crippen LogP contribution in [0.2, 0.25) is 0 Å². The Morgan fingerprint density at radius 2 is 1.72 bits per heavy atom. The van der Waals surface area contributed by atoms with Gasteiger partial charge >= 0.3 is 0 Å². The highest BCUT2D eigenvalue weighted by Crippen LogP contribution is 2.41. The van der Waals surface area contributed by atoms with E-state index in [0.29, 0.717) is 0 Å². The molecule has 0 atom stereocenters. The van der Waals surface area contributed by atoms with Gasteiger partial charge in [-0.05, 0) is 30.9 Å². The second kappa shape index (κ2) is 8.57. The van der Waals surface area contributed by atoms with Crippen molar-refractivity contribution in [1.82, 2.24) is 5.32 Å². The fourth-order valence-electron chi connectivity index (χ4n) is 3.66. The van der Waals surface area contributed by atoms with Gasteiger partial charge in [0, 0.05) is 18.1 Å². The fraction of sp³-hybridized carbons (Fsp3) is 0.409. The average Bonchev–Trinajstić information content (AvgIpc) is 3.15. The van der Waals surface area contributed by atoms with Crippen molar-refractivity contribution in [2.24, 2.45) is 0 Å². The molecule has 0 radical (unpaired) electrons. The molecule has 132 valence electrons. The van der Waals surface area contributed by atoms with Crippen LogP contribution in [0.3, 0.4) is 0 Å². The molecule has 25 heavy (non-hydrogen) atoms. The van der Waals surface area contributed by atoms with Gasteiger partial charge in [0.2, 0.25) is 5.91 Å². The number of hydrogen-bond acceptors (Lipinski definition) is 2. The molecule has 1 saturated carbocycles. The lowest BCUT2D eigenvalue weighted by atomic mass is 9.78. The fourth-order valence-corrected chi connectivity index (χ4v) is 4.48. The lowest BCUT2D eigenvalue weighted by Crippen LogP contribution is -2.43. The maximum Gasteiger partial charge on any atom is 0.230 e. The number of aryl methyl sites for hydroxylation is 1. The molecule has 3 rings (SSSR count). The van der Waals surface area contributed by atoms with Crippen molar-refractivity contribution in [3.8, 4) is 0 Å². The van der Waals surface area contributed by atoms with Crippen molar-refractivity contribution in [1.29, 1.82) is 0 Å². The molecule has 1 amide bonds. The zero-order valence-corrected chi connectivity index (χ0v) is 15.8. The maximum atomic E-state index is 12.9. The first kappa shape index (κ1) is 18.1. The molecule has 0 heterocycles. The summed E-state index contributed by atoms with van der Waals surface area (Å²) in [6.07, 6.45) is 4.23. The summed E-state index contributed by atoms with van der Waals surface area (Å²) < 4.78 is 0. The number of thioether (sulfide) groups is 1. The highest BCUT2D eigenvalue weighted by molar-refractivity contribution is 7.98. The van der Waals surface area contributed by atoms with E-state index in [0.717, 1.165) is 43.7 Å². The van der Waals surface area contributed by atoms with E-state index < -0.39 is 0 Å². The number of nitrogens with one attached hydrogen (secondary N) is 1. The third-order valence-electron chi connectivity index (χ3n) is 5.14. The molecule has 1 N–H and O–H groups in total. The monoisotopic (exact) mass is 353 g/mol. The Hall–Kier alpha value is -1.74. The third-order valence-corrected chi connectivity index (χ3v) is 6.17. The molecule has 1 aliphatic carbocycles. The highest BCUT2D eigenvalue weighted by atomic mass is 32.2. The van der Waals surface area contributed by atoms with Crippen molar-refractivity contribution >= 4 is 17.7 Å². The van der Waals surface area contributed by atoms with Crippen molar-refractivity contribution in [2.45, 2.75) is 43.8 Å². The molecule has 0 aromatic heterocycles. The van der Waals surface area contributed by atoms with Crippen molar-refractivity contribution < 1.29 is 4.79 Å². The van der Waals surface area contributed by atoms with E-state index in [4.69, 9.17) is 0 Å². The summed E-state index contributed by atoms with van der Waals surface area (Å²) in [4.78, 5) is 12.9. The largest absolute Gasteiger partial charge is 0.355 e. The number of carbonyl (C=O) groups excluding carboxylic acids is 1. The van der Waals surface area contributed by atoms with Crippen LogP contribution in [0.25, 0.3) is 0 Å². The normalized spacial score (nSPS) is 15.9. The molecule has 0 unspecified atom stereocenters. The molecule has 0 bridgehead atoms. The van der Waals surface area contributed by atoms with Gasteiger partial charge in [-0.2, -0.15) is 11.8 Å². The van der Waals surface area contributed by atoms with E-state index in [1.54, 1.807) is 0 Å². The van der Waals surface area contributed by atoms with Gasteiger partial charge in [-0.1, -0.05) is 73.0 Å². The number of benzene rings is 2. The molecule has 2 aromatic carbocycles. The molecule has 2 nitrogen and oxygen atoms in total. The van der Waals surface area contributed by atoms with E-state index in [1.807, 2.05) is 30.0 Å². The predicted octanol–water partition coefficient (Wildman–Crippen LogP) is 4.86. The van der Waals surface area contributed by atoms with Crippen molar-refractivity contribution in [3.05, 3.63) is 71.3 Å².